The van der Waals surface area contributed by atoms with Crippen molar-refractivity contribution >= 4 is 11.6 Å². The SMILES string of the molecule is CCC(CCO)CNCc1c(C)nn(C)c1Cl. The molecule has 2 N–H and O–H groups in total. The highest BCUT2D eigenvalue weighted by Crippen LogP contribution is 2.18. The molecule has 0 aliphatic rings. The van der Waals surface area contributed by atoms with Crippen molar-refractivity contribution in [1.29, 1.82) is 0 Å². The standard InChI is InChI=1S/C12H22ClN3O/c1-4-10(5-6-17)7-14-8-11-9(2)15-16(3)12(11)13/h10,14,17H,4-8H2,1-3H3. The maximum absolute atomic E-state index is 8.91. The topological polar surface area (TPSA) is 50.1 Å². The fraction of sp³-hybridized carbons (Fsp3) is 0.750. The zero-order chi connectivity index (χ0) is 12.8. The molecule has 0 aliphatic carbocycles. The Morgan fingerprint density at radius 2 is 2.24 bits per heavy atom. The van der Waals surface area contributed by atoms with E-state index in [4.69, 9.17) is 16.7 Å². The average molecular weight is 260 g/mol. The average Bonchev–Trinajstić information content (AvgIpc) is 2.54. The van der Waals surface area contributed by atoms with Crippen LogP contribution in [0, 0.1) is 12.8 Å². The van der Waals surface area contributed by atoms with Gasteiger partial charge in [-0.05, 0) is 25.8 Å². The second-order valence-corrected chi connectivity index (χ2v) is 4.75. The van der Waals surface area contributed by atoms with Gasteiger partial charge in [0.05, 0.1) is 5.69 Å². The smallest absolute Gasteiger partial charge is 0.131 e. The highest BCUT2D eigenvalue weighted by molar-refractivity contribution is 6.30. The van der Waals surface area contributed by atoms with E-state index in [1.807, 2.05) is 14.0 Å². The van der Waals surface area contributed by atoms with Crippen molar-refractivity contribution in [1.82, 2.24) is 15.1 Å². The van der Waals surface area contributed by atoms with Crippen LogP contribution in [0.2, 0.25) is 5.15 Å². The van der Waals surface area contributed by atoms with Crippen LogP contribution >= 0.6 is 11.6 Å². The number of halogens is 1. The first-order chi connectivity index (χ1) is 8.10. The first kappa shape index (κ1) is 14.5. The van der Waals surface area contributed by atoms with Gasteiger partial charge in [0.2, 0.25) is 0 Å². The van der Waals surface area contributed by atoms with Crippen LogP contribution in [-0.4, -0.2) is 28.0 Å². The Morgan fingerprint density at radius 3 is 2.71 bits per heavy atom. The molecule has 1 unspecified atom stereocenters. The van der Waals surface area contributed by atoms with Crippen LogP contribution in [-0.2, 0) is 13.6 Å². The number of nitrogens with zero attached hydrogens (tertiary/aromatic N) is 2. The molecule has 0 spiro atoms. The van der Waals surface area contributed by atoms with E-state index in [1.54, 1.807) is 4.68 Å². The Kier molecular flexibility index (Phi) is 5.95. The Balaban J connectivity index is 2.45. The zero-order valence-corrected chi connectivity index (χ0v) is 11.6. The molecule has 17 heavy (non-hydrogen) atoms. The van der Waals surface area contributed by atoms with E-state index in [2.05, 4.69) is 17.3 Å². The predicted octanol–water partition coefficient (Wildman–Crippen LogP) is 1.88. The third-order valence-corrected chi connectivity index (χ3v) is 3.59. The molecule has 0 saturated heterocycles. The normalized spacial score (nSPS) is 13.0. The van der Waals surface area contributed by atoms with Crippen LogP contribution in [0.5, 0.6) is 0 Å². The molecule has 1 rings (SSSR count). The van der Waals surface area contributed by atoms with E-state index in [9.17, 15) is 0 Å². The van der Waals surface area contributed by atoms with Crippen LogP contribution in [0.4, 0.5) is 0 Å². The van der Waals surface area contributed by atoms with Crippen LogP contribution < -0.4 is 5.32 Å². The molecule has 1 heterocycles. The minimum absolute atomic E-state index is 0.257. The number of rotatable bonds is 7. The molecule has 0 aromatic carbocycles. The molecule has 1 aromatic heterocycles. The van der Waals surface area contributed by atoms with Crippen molar-refractivity contribution < 1.29 is 5.11 Å². The Bertz CT molecular complexity index is 352. The van der Waals surface area contributed by atoms with Gasteiger partial charge in [-0.1, -0.05) is 24.9 Å². The summed E-state index contributed by atoms with van der Waals surface area (Å²) in [5, 5.41) is 17.3. The van der Waals surface area contributed by atoms with E-state index >= 15 is 0 Å². The first-order valence-electron chi connectivity index (χ1n) is 6.09. The molecule has 1 aromatic rings. The fourth-order valence-electron chi connectivity index (χ4n) is 1.91. The fourth-order valence-corrected chi connectivity index (χ4v) is 2.15. The Morgan fingerprint density at radius 1 is 1.53 bits per heavy atom. The second-order valence-electron chi connectivity index (χ2n) is 4.40. The highest BCUT2D eigenvalue weighted by Gasteiger charge is 2.11. The largest absolute Gasteiger partial charge is 0.396 e. The van der Waals surface area contributed by atoms with Crippen LogP contribution in [0.1, 0.15) is 31.0 Å². The maximum Gasteiger partial charge on any atom is 0.131 e. The van der Waals surface area contributed by atoms with Crippen molar-refractivity contribution in [3.05, 3.63) is 16.4 Å². The molecule has 0 aliphatic heterocycles. The molecule has 0 saturated carbocycles. The maximum atomic E-state index is 8.91. The molecule has 1 atom stereocenters. The Labute approximate surface area is 108 Å². The summed E-state index contributed by atoms with van der Waals surface area (Å²) in [6.07, 6.45) is 1.93. The van der Waals surface area contributed by atoms with Crippen molar-refractivity contribution in [2.75, 3.05) is 13.2 Å². The minimum atomic E-state index is 0.257. The second kappa shape index (κ2) is 6.99. The van der Waals surface area contributed by atoms with Crippen molar-refractivity contribution in [2.24, 2.45) is 13.0 Å². The molecule has 0 amide bonds. The number of hydrogen-bond acceptors (Lipinski definition) is 3. The first-order valence-corrected chi connectivity index (χ1v) is 6.47. The van der Waals surface area contributed by atoms with Crippen LogP contribution in [0.3, 0.4) is 0 Å². The summed E-state index contributed by atoms with van der Waals surface area (Å²) < 4.78 is 1.69. The summed E-state index contributed by atoms with van der Waals surface area (Å²) in [6.45, 7) is 6.01. The van der Waals surface area contributed by atoms with Gasteiger partial charge in [-0.15, -0.1) is 0 Å². The summed E-state index contributed by atoms with van der Waals surface area (Å²) in [6, 6.07) is 0. The number of hydrogen-bond donors (Lipinski definition) is 2. The molecule has 0 bridgehead atoms. The number of aliphatic hydroxyl groups is 1. The van der Waals surface area contributed by atoms with Gasteiger partial charge >= 0.3 is 0 Å². The summed E-state index contributed by atoms with van der Waals surface area (Å²) in [5.74, 6) is 0.524. The summed E-state index contributed by atoms with van der Waals surface area (Å²) >= 11 is 6.14. The summed E-state index contributed by atoms with van der Waals surface area (Å²) in [5.41, 5.74) is 2.04. The molecule has 5 heteroatoms. The van der Waals surface area contributed by atoms with E-state index in [-0.39, 0.29) is 6.61 Å². The lowest BCUT2D eigenvalue weighted by atomic mass is 10.0. The van der Waals surface area contributed by atoms with Crippen LogP contribution in [0.25, 0.3) is 0 Å². The van der Waals surface area contributed by atoms with Gasteiger partial charge in [-0.2, -0.15) is 5.10 Å². The number of nitrogens with one attached hydrogen (secondary N) is 1. The van der Waals surface area contributed by atoms with E-state index < -0.39 is 0 Å². The van der Waals surface area contributed by atoms with Gasteiger partial charge in [-0.3, -0.25) is 4.68 Å². The third kappa shape index (κ3) is 3.98. The van der Waals surface area contributed by atoms with Gasteiger partial charge in [0.1, 0.15) is 5.15 Å². The van der Waals surface area contributed by atoms with Gasteiger partial charge in [-0.25, -0.2) is 0 Å². The molecule has 0 fully saturated rings. The summed E-state index contributed by atoms with van der Waals surface area (Å²) in [4.78, 5) is 0. The number of aromatic nitrogens is 2. The monoisotopic (exact) mass is 259 g/mol. The van der Waals surface area contributed by atoms with Crippen LogP contribution in [0.15, 0.2) is 0 Å². The van der Waals surface area contributed by atoms with Crippen molar-refractivity contribution in [2.45, 2.75) is 33.2 Å². The number of aliphatic hydroxyl groups excluding tert-OH is 1. The van der Waals surface area contributed by atoms with E-state index in [1.165, 1.54) is 0 Å². The van der Waals surface area contributed by atoms with Gasteiger partial charge < -0.3 is 10.4 Å². The zero-order valence-electron chi connectivity index (χ0n) is 10.8. The molecule has 0 radical (unpaired) electrons. The van der Waals surface area contributed by atoms with Gasteiger partial charge in [0.15, 0.2) is 0 Å². The number of aryl methyl sites for hydroxylation is 2. The Hall–Kier alpha value is -0.580. The third-order valence-electron chi connectivity index (χ3n) is 3.12. The predicted molar refractivity (Wildman–Crippen MR) is 70.1 cm³/mol. The van der Waals surface area contributed by atoms with Gasteiger partial charge in [0, 0.05) is 25.8 Å². The van der Waals surface area contributed by atoms with E-state index in [0.29, 0.717) is 11.1 Å². The molecular formula is C12H22ClN3O. The minimum Gasteiger partial charge on any atom is -0.396 e. The van der Waals surface area contributed by atoms with Crippen molar-refractivity contribution in [3.8, 4) is 0 Å². The van der Waals surface area contributed by atoms with Gasteiger partial charge in [0.25, 0.3) is 0 Å². The highest BCUT2D eigenvalue weighted by atomic mass is 35.5. The quantitative estimate of drug-likeness (QED) is 0.786. The lowest BCUT2D eigenvalue weighted by Gasteiger charge is -2.14. The van der Waals surface area contributed by atoms with E-state index in [0.717, 1.165) is 37.2 Å². The summed E-state index contributed by atoms with van der Waals surface area (Å²) in [7, 11) is 1.85. The molecular weight excluding hydrogens is 238 g/mol. The lowest BCUT2D eigenvalue weighted by Crippen LogP contribution is -2.23. The van der Waals surface area contributed by atoms with Crippen molar-refractivity contribution in [3.63, 3.8) is 0 Å². The lowest BCUT2D eigenvalue weighted by molar-refractivity contribution is 0.251. The molecule has 4 nitrogen and oxygen atoms in total. The molecule has 98 valence electrons.